The SMILES string of the molecule is CC1(C)c2ccccc2-c2ccc(N(c3ccc(-c4cccc5ccccc45)cc3)c3cc4c5ccccc5sc4c4ccccc34)cc21. The Morgan fingerprint density at radius 2 is 1.08 bits per heavy atom. The first-order valence-corrected chi connectivity index (χ1v) is 17.8. The molecule has 0 N–H and O–H groups in total. The summed E-state index contributed by atoms with van der Waals surface area (Å²) in [6.07, 6.45) is 0. The van der Waals surface area contributed by atoms with Crippen molar-refractivity contribution in [3.05, 3.63) is 175 Å². The van der Waals surface area contributed by atoms with E-state index in [1.807, 2.05) is 11.3 Å². The summed E-state index contributed by atoms with van der Waals surface area (Å²) < 4.78 is 2.67. The zero-order chi connectivity index (χ0) is 32.7. The fraction of sp³-hybridized carbons (Fsp3) is 0.0638. The van der Waals surface area contributed by atoms with Crippen molar-refractivity contribution in [1.29, 1.82) is 0 Å². The van der Waals surface area contributed by atoms with Gasteiger partial charge in [-0.3, -0.25) is 0 Å². The monoisotopic (exact) mass is 643 g/mol. The van der Waals surface area contributed by atoms with Crippen LogP contribution < -0.4 is 4.90 Å². The van der Waals surface area contributed by atoms with Gasteiger partial charge in [0, 0.05) is 47.7 Å². The summed E-state index contributed by atoms with van der Waals surface area (Å²) in [5, 5.41) is 7.70. The Bertz CT molecular complexity index is 2740. The third-order valence-corrected chi connectivity index (χ3v) is 11.9. The van der Waals surface area contributed by atoms with Crippen molar-refractivity contribution in [3.8, 4) is 22.3 Å². The van der Waals surface area contributed by atoms with Gasteiger partial charge in [-0.25, -0.2) is 0 Å². The molecule has 0 unspecified atom stereocenters. The Morgan fingerprint density at radius 1 is 0.449 bits per heavy atom. The van der Waals surface area contributed by atoms with E-state index >= 15 is 0 Å². The molecule has 0 saturated heterocycles. The molecule has 0 amide bonds. The second kappa shape index (κ2) is 10.7. The summed E-state index contributed by atoms with van der Waals surface area (Å²) in [5.74, 6) is 0. The summed E-state index contributed by atoms with van der Waals surface area (Å²) in [7, 11) is 0. The number of fused-ring (bicyclic) bond motifs is 9. The molecule has 1 nitrogen and oxygen atoms in total. The molecule has 49 heavy (non-hydrogen) atoms. The molecule has 1 heterocycles. The van der Waals surface area contributed by atoms with E-state index in [0.29, 0.717) is 0 Å². The van der Waals surface area contributed by atoms with Gasteiger partial charge in [0.15, 0.2) is 0 Å². The topological polar surface area (TPSA) is 3.24 Å². The van der Waals surface area contributed by atoms with Crippen molar-refractivity contribution in [1.82, 2.24) is 0 Å². The molecule has 0 spiro atoms. The van der Waals surface area contributed by atoms with E-state index in [0.717, 1.165) is 5.69 Å². The smallest absolute Gasteiger partial charge is 0.0547 e. The fourth-order valence-corrected chi connectivity index (χ4v) is 9.46. The Morgan fingerprint density at radius 3 is 1.94 bits per heavy atom. The first-order valence-electron chi connectivity index (χ1n) is 17.0. The lowest BCUT2D eigenvalue weighted by Gasteiger charge is -2.29. The molecule has 1 aliphatic rings. The lowest BCUT2D eigenvalue weighted by atomic mass is 9.82. The zero-order valence-electron chi connectivity index (χ0n) is 27.4. The van der Waals surface area contributed by atoms with Gasteiger partial charge in [-0.2, -0.15) is 0 Å². The summed E-state index contributed by atoms with van der Waals surface area (Å²) in [5.41, 5.74) is 11.3. The Balaban J connectivity index is 1.22. The van der Waals surface area contributed by atoms with E-state index in [1.54, 1.807) is 0 Å². The van der Waals surface area contributed by atoms with E-state index in [1.165, 1.54) is 86.5 Å². The molecule has 0 radical (unpaired) electrons. The van der Waals surface area contributed by atoms with Gasteiger partial charge in [0.25, 0.3) is 0 Å². The van der Waals surface area contributed by atoms with Crippen molar-refractivity contribution in [3.63, 3.8) is 0 Å². The third kappa shape index (κ3) is 4.24. The molecule has 1 aliphatic carbocycles. The van der Waals surface area contributed by atoms with E-state index in [4.69, 9.17) is 0 Å². The van der Waals surface area contributed by atoms with Gasteiger partial charge in [0.2, 0.25) is 0 Å². The predicted octanol–water partition coefficient (Wildman–Crippen LogP) is 13.8. The van der Waals surface area contributed by atoms with Crippen LogP contribution in [0.3, 0.4) is 0 Å². The second-order valence-electron chi connectivity index (χ2n) is 13.7. The highest BCUT2D eigenvalue weighted by molar-refractivity contribution is 7.26. The molecular weight excluding hydrogens is 611 g/mol. The molecule has 232 valence electrons. The Hall–Kier alpha value is -5.70. The Kier molecular flexibility index (Phi) is 6.16. The van der Waals surface area contributed by atoms with Crippen molar-refractivity contribution in [2.24, 2.45) is 0 Å². The minimum atomic E-state index is -0.0958. The highest BCUT2D eigenvalue weighted by atomic mass is 32.1. The summed E-state index contributed by atoms with van der Waals surface area (Å²) >= 11 is 1.89. The normalized spacial score (nSPS) is 13.3. The van der Waals surface area contributed by atoms with E-state index in [-0.39, 0.29) is 5.41 Å². The molecule has 0 bridgehead atoms. The summed E-state index contributed by atoms with van der Waals surface area (Å²) in [6, 6.07) is 60.6. The van der Waals surface area contributed by atoms with Gasteiger partial charge in [-0.05, 0) is 80.6 Å². The van der Waals surface area contributed by atoms with Gasteiger partial charge >= 0.3 is 0 Å². The Labute approximate surface area is 290 Å². The zero-order valence-corrected chi connectivity index (χ0v) is 28.3. The van der Waals surface area contributed by atoms with Crippen LogP contribution in [-0.2, 0) is 5.41 Å². The highest BCUT2D eigenvalue weighted by Crippen LogP contribution is 2.52. The maximum absolute atomic E-state index is 2.49. The van der Waals surface area contributed by atoms with Crippen LogP contribution in [0.25, 0.3) is 64.0 Å². The number of hydrogen-bond donors (Lipinski definition) is 0. The number of hydrogen-bond acceptors (Lipinski definition) is 2. The van der Waals surface area contributed by atoms with Crippen molar-refractivity contribution >= 4 is 70.1 Å². The van der Waals surface area contributed by atoms with E-state index < -0.39 is 0 Å². The van der Waals surface area contributed by atoms with E-state index in [2.05, 4.69) is 183 Å². The molecule has 0 aliphatic heterocycles. The molecule has 9 aromatic rings. The average Bonchev–Trinajstić information content (AvgIpc) is 3.64. The molecule has 10 rings (SSSR count). The van der Waals surface area contributed by atoms with Crippen molar-refractivity contribution in [2.75, 3.05) is 4.90 Å². The van der Waals surface area contributed by atoms with Crippen LogP contribution in [-0.4, -0.2) is 0 Å². The number of nitrogens with zero attached hydrogens (tertiary/aromatic N) is 1. The number of rotatable bonds is 4. The lowest BCUT2D eigenvalue weighted by molar-refractivity contribution is 0.660. The molecule has 0 saturated carbocycles. The maximum atomic E-state index is 2.49. The van der Waals surface area contributed by atoms with Crippen LogP contribution in [0.15, 0.2) is 164 Å². The molecule has 1 aromatic heterocycles. The fourth-order valence-electron chi connectivity index (χ4n) is 8.24. The second-order valence-corrected chi connectivity index (χ2v) is 14.8. The number of anilines is 3. The minimum Gasteiger partial charge on any atom is -0.310 e. The van der Waals surface area contributed by atoms with Crippen LogP contribution in [0.5, 0.6) is 0 Å². The molecule has 0 fully saturated rings. The average molecular weight is 644 g/mol. The minimum absolute atomic E-state index is 0.0958. The van der Waals surface area contributed by atoms with Gasteiger partial charge in [-0.1, -0.05) is 141 Å². The molecular formula is C47H33NS. The largest absolute Gasteiger partial charge is 0.310 e. The van der Waals surface area contributed by atoms with E-state index in [9.17, 15) is 0 Å². The maximum Gasteiger partial charge on any atom is 0.0547 e. The number of thiophene rings is 1. The van der Waals surface area contributed by atoms with Crippen LogP contribution in [0, 0.1) is 0 Å². The van der Waals surface area contributed by atoms with Gasteiger partial charge < -0.3 is 4.90 Å². The van der Waals surface area contributed by atoms with Gasteiger partial charge in [-0.15, -0.1) is 11.3 Å². The van der Waals surface area contributed by atoms with Crippen LogP contribution in [0.2, 0.25) is 0 Å². The third-order valence-electron chi connectivity index (χ3n) is 10.7. The van der Waals surface area contributed by atoms with Crippen LogP contribution >= 0.6 is 11.3 Å². The predicted molar refractivity (Wildman–Crippen MR) is 212 cm³/mol. The first kappa shape index (κ1) is 28.3. The summed E-state index contributed by atoms with van der Waals surface area (Å²) in [4.78, 5) is 2.49. The lowest BCUT2D eigenvalue weighted by Crippen LogP contribution is -2.16. The van der Waals surface area contributed by atoms with Crippen molar-refractivity contribution < 1.29 is 0 Å². The summed E-state index contributed by atoms with van der Waals surface area (Å²) in [6.45, 7) is 4.73. The van der Waals surface area contributed by atoms with Gasteiger partial charge in [0.1, 0.15) is 0 Å². The first-order chi connectivity index (χ1) is 24.1. The molecule has 2 heteroatoms. The molecule has 0 atom stereocenters. The van der Waals surface area contributed by atoms with Crippen molar-refractivity contribution in [2.45, 2.75) is 19.3 Å². The standard InChI is InChI=1S/C47H33NS/c1-47(2)42-20-9-7-15-36(42)37-27-26-33(28-43(37)47)48(32-24-22-31(23-25-32)35-19-11-13-30-12-3-4-14-34(30)35)44-29-41-39-17-8-10-21-45(39)49-46(41)40-18-6-5-16-38(40)44/h3-29H,1-2H3. The quantitative estimate of drug-likeness (QED) is 0.184. The highest BCUT2D eigenvalue weighted by Gasteiger charge is 2.36. The molecule has 8 aromatic carbocycles. The number of benzene rings is 8. The van der Waals surface area contributed by atoms with Crippen LogP contribution in [0.4, 0.5) is 17.1 Å². The van der Waals surface area contributed by atoms with Gasteiger partial charge in [0.05, 0.1) is 5.69 Å². The van der Waals surface area contributed by atoms with Crippen LogP contribution in [0.1, 0.15) is 25.0 Å².